The third kappa shape index (κ3) is 6.99. The molecule has 0 spiro atoms. The maximum Gasteiger partial charge on any atom is 0.167 e. The van der Waals surface area contributed by atoms with Crippen LogP contribution in [-0.2, 0) is 4.74 Å². The van der Waals surface area contributed by atoms with Crippen molar-refractivity contribution >= 4 is 35.0 Å². The molecule has 2 N–H and O–H groups in total. The van der Waals surface area contributed by atoms with E-state index in [-0.39, 0.29) is 11.7 Å². The van der Waals surface area contributed by atoms with Gasteiger partial charge >= 0.3 is 0 Å². The first kappa shape index (κ1) is 26.9. The lowest BCUT2D eigenvalue weighted by Crippen LogP contribution is -2.41. The van der Waals surface area contributed by atoms with Gasteiger partial charge in [0.15, 0.2) is 17.5 Å². The van der Waals surface area contributed by atoms with Crippen LogP contribution in [0.25, 0.3) is 11.4 Å². The van der Waals surface area contributed by atoms with Gasteiger partial charge in [0.2, 0.25) is 0 Å². The predicted molar refractivity (Wildman–Crippen MR) is 149 cm³/mol. The zero-order valence-corrected chi connectivity index (χ0v) is 21.9. The molecule has 3 aromatic rings. The molecule has 0 aliphatic carbocycles. The fourth-order valence-corrected chi connectivity index (χ4v) is 4.00. The molecular formula is C27H28ClFN8O. The van der Waals surface area contributed by atoms with Crippen LogP contribution in [0.3, 0.4) is 0 Å². The molecule has 1 fully saturated rings. The first-order valence-corrected chi connectivity index (χ1v) is 12.3. The standard InChI is InChI=1S/C27H28ClFN8O/c1-4-24(29)27(37-10-12-38-13-11-37)34-19(3)36-33-17-21-6-7-22(16-32-21)35-25-18(2)14-20(15-23(25)28)26-30-8-5-9-31-26/h4-9,14-17,35-36H,3,10-13H2,1-2H3/b24-4+,33-17+,34-27+. The third-order valence-corrected chi connectivity index (χ3v) is 5.87. The van der Waals surface area contributed by atoms with E-state index in [0.717, 1.165) is 22.5 Å². The van der Waals surface area contributed by atoms with E-state index in [0.29, 0.717) is 42.8 Å². The largest absolute Gasteiger partial charge is 0.378 e. The monoisotopic (exact) mass is 534 g/mol. The topological polar surface area (TPSA) is 99.9 Å². The van der Waals surface area contributed by atoms with Gasteiger partial charge in [-0.25, -0.2) is 19.4 Å². The summed E-state index contributed by atoms with van der Waals surface area (Å²) in [7, 11) is 0. The van der Waals surface area contributed by atoms with Crippen molar-refractivity contribution in [2.75, 3.05) is 31.6 Å². The van der Waals surface area contributed by atoms with Crippen molar-refractivity contribution in [3.05, 3.63) is 89.5 Å². The summed E-state index contributed by atoms with van der Waals surface area (Å²) in [6.45, 7) is 9.55. The van der Waals surface area contributed by atoms with Crippen LogP contribution in [0.1, 0.15) is 18.2 Å². The highest BCUT2D eigenvalue weighted by atomic mass is 35.5. The van der Waals surface area contributed by atoms with E-state index >= 15 is 0 Å². The number of ether oxygens (including phenoxy) is 1. The number of rotatable bonds is 8. The summed E-state index contributed by atoms with van der Waals surface area (Å²) in [5.74, 6) is 0.588. The van der Waals surface area contributed by atoms with Gasteiger partial charge in [0.05, 0.1) is 47.7 Å². The van der Waals surface area contributed by atoms with E-state index in [2.05, 4.69) is 42.4 Å². The second-order valence-corrected chi connectivity index (χ2v) is 8.71. The average Bonchev–Trinajstić information content (AvgIpc) is 2.95. The number of anilines is 2. The number of aryl methyl sites for hydroxylation is 1. The molecule has 1 saturated heterocycles. The van der Waals surface area contributed by atoms with Crippen molar-refractivity contribution in [2.24, 2.45) is 10.1 Å². The first-order chi connectivity index (χ1) is 18.4. The van der Waals surface area contributed by atoms with Crippen molar-refractivity contribution < 1.29 is 9.13 Å². The van der Waals surface area contributed by atoms with Gasteiger partial charge < -0.3 is 15.0 Å². The molecule has 9 nitrogen and oxygen atoms in total. The van der Waals surface area contributed by atoms with Crippen LogP contribution in [0.2, 0.25) is 5.02 Å². The Bertz CT molecular complexity index is 1330. The number of amidine groups is 1. The molecule has 1 aliphatic heterocycles. The molecule has 0 saturated carbocycles. The van der Waals surface area contributed by atoms with Crippen molar-refractivity contribution in [3.63, 3.8) is 0 Å². The fraction of sp³-hybridized carbons (Fsp3) is 0.222. The van der Waals surface area contributed by atoms with Gasteiger partial charge in [0.25, 0.3) is 0 Å². The molecule has 0 bridgehead atoms. The molecule has 1 aromatic carbocycles. The first-order valence-electron chi connectivity index (χ1n) is 12.0. The molecule has 196 valence electrons. The van der Waals surface area contributed by atoms with Gasteiger partial charge in [0.1, 0.15) is 5.82 Å². The third-order valence-electron chi connectivity index (χ3n) is 5.58. The van der Waals surface area contributed by atoms with Gasteiger partial charge in [-0.2, -0.15) is 5.10 Å². The Kier molecular flexibility index (Phi) is 9.12. The van der Waals surface area contributed by atoms with Crippen molar-refractivity contribution in [2.45, 2.75) is 13.8 Å². The summed E-state index contributed by atoms with van der Waals surface area (Å²) < 4.78 is 19.7. The summed E-state index contributed by atoms with van der Waals surface area (Å²) in [5.41, 5.74) is 6.64. The number of aliphatic imine (C=N–C) groups is 1. The molecule has 0 amide bonds. The number of allylic oxidation sites excluding steroid dienone is 1. The number of hydrogen-bond acceptors (Lipinski definition) is 8. The molecule has 11 heteroatoms. The van der Waals surface area contributed by atoms with Crippen LogP contribution in [0.15, 0.2) is 83.3 Å². The Morgan fingerprint density at radius 1 is 1.18 bits per heavy atom. The van der Waals surface area contributed by atoms with Gasteiger partial charge in [-0.05, 0) is 55.8 Å². The maximum atomic E-state index is 14.4. The quantitative estimate of drug-likeness (QED) is 0.231. The van der Waals surface area contributed by atoms with E-state index < -0.39 is 5.83 Å². The van der Waals surface area contributed by atoms with E-state index in [4.69, 9.17) is 16.3 Å². The highest BCUT2D eigenvalue weighted by Gasteiger charge is 2.19. The number of hydrazone groups is 1. The van der Waals surface area contributed by atoms with Gasteiger partial charge in [0, 0.05) is 31.0 Å². The number of halogens is 2. The van der Waals surface area contributed by atoms with Gasteiger partial charge in [-0.1, -0.05) is 18.2 Å². The highest BCUT2D eigenvalue weighted by molar-refractivity contribution is 6.33. The Labute approximate surface area is 225 Å². The molecule has 2 aromatic heterocycles. The van der Waals surface area contributed by atoms with Crippen molar-refractivity contribution in [1.29, 1.82) is 0 Å². The SMILES string of the molecule is C=C(/N=C(\C(F)=C/C)N1CCOCC1)N/N=C/c1ccc(Nc2c(C)cc(-c3ncccn3)cc2Cl)cn1. The van der Waals surface area contributed by atoms with Crippen molar-refractivity contribution in [3.8, 4) is 11.4 Å². The Morgan fingerprint density at radius 2 is 1.95 bits per heavy atom. The number of aromatic nitrogens is 3. The number of benzene rings is 1. The molecule has 3 heterocycles. The summed E-state index contributed by atoms with van der Waals surface area (Å²) >= 11 is 6.56. The normalized spacial score (nSPS) is 14.6. The molecular weight excluding hydrogens is 507 g/mol. The number of nitrogens with zero attached hydrogens (tertiary/aromatic N) is 6. The van der Waals surface area contributed by atoms with Crippen LogP contribution < -0.4 is 10.7 Å². The summed E-state index contributed by atoms with van der Waals surface area (Å²) in [6, 6.07) is 9.24. The van der Waals surface area contributed by atoms with Crippen LogP contribution in [0, 0.1) is 6.92 Å². The molecule has 4 rings (SSSR count). The van der Waals surface area contributed by atoms with Crippen LogP contribution in [-0.4, -0.2) is 58.2 Å². The summed E-state index contributed by atoms with van der Waals surface area (Å²) in [6.07, 6.45) is 7.96. The van der Waals surface area contributed by atoms with Crippen LogP contribution in [0.5, 0.6) is 0 Å². The second kappa shape index (κ2) is 12.9. The zero-order chi connectivity index (χ0) is 26.9. The molecule has 0 atom stereocenters. The molecule has 0 radical (unpaired) electrons. The average molecular weight is 535 g/mol. The van der Waals surface area contributed by atoms with E-state index in [1.54, 1.807) is 37.6 Å². The highest BCUT2D eigenvalue weighted by Crippen LogP contribution is 2.33. The Hall–Kier alpha value is -4.15. The minimum atomic E-state index is -0.429. The Balaban J connectivity index is 1.38. The number of pyridine rings is 1. The maximum absolute atomic E-state index is 14.4. The fourth-order valence-electron chi connectivity index (χ4n) is 3.68. The molecule has 1 aliphatic rings. The zero-order valence-electron chi connectivity index (χ0n) is 21.2. The molecule has 38 heavy (non-hydrogen) atoms. The minimum absolute atomic E-state index is 0.201. The summed E-state index contributed by atoms with van der Waals surface area (Å²) in [5, 5.41) is 7.98. The lowest BCUT2D eigenvalue weighted by molar-refractivity contribution is 0.0676. The van der Waals surface area contributed by atoms with Crippen LogP contribution >= 0.6 is 11.6 Å². The minimum Gasteiger partial charge on any atom is -0.378 e. The van der Waals surface area contributed by atoms with Crippen molar-refractivity contribution in [1.82, 2.24) is 25.3 Å². The smallest absolute Gasteiger partial charge is 0.167 e. The van der Waals surface area contributed by atoms with Crippen LogP contribution in [0.4, 0.5) is 15.8 Å². The number of morpholine rings is 1. The predicted octanol–water partition coefficient (Wildman–Crippen LogP) is 5.24. The summed E-state index contributed by atoms with van der Waals surface area (Å²) in [4.78, 5) is 19.1. The van der Waals surface area contributed by atoms with E-state index in [1.165, 1.54) is 12.3 Å². The number of hydrogen-bond donors (Lipinski definition) is 2. The van der Waals surface area contributed by atoms with Gasteiger partial charge in [-0.15, -0.1) is 0 Å². The van der Waals surface area contributed by atoms with E-state index in [9.17, 15) is 4.39 Å². The lowest BCUT2D eigenvalue weighted by Gasteiger charge is -2.29. The lowest BCUT2D eigenvalue weighted by atomic mass is 10.1. The van der Waals surface area contributed by atoms with E-state index in [1.807, 2.05) is 30.0 Å². The second-order valence-electron chi connectivity index (χ2n) is 8.31. The Morgan fingerprint density at radius 3 is 2.61 bits per heavy atom. The number of nitrogens with one attached hydrogen (secondary N) is 2. The molecule has 0 unspecified atom stereocenters. The van der Waals surface area contributed by atoms with Gasteiger partial charge in [-0.3, -0.25) is 10.4 Å².